The zero-order valence-corrected chi connectivity index (χ0v) is 21.1. The molecule has 0 radical (unpaired) electrons. The Balaban J connectivity index is 1.62. The standard InChI is InChI=1S/C25H26N2O6S2/c1-32-25(29)23-18-12-6-9-15-21(18)34-24(23)26-22(28)16-27(35(2,30)31)19-13-7-8-14-20(19)33-17-10-4-3-5-11-17/h3-5,7-8,10-11,13-14H,6,9,12,15-16H2,1-2H3,(H,26,28). The third-order valence-corrected chi connectivity index (χ3v) is 7.94. The number of anilines is 2. The molecule has 0 bridgehead atoms. The normalized spacial score (nSPS) is 13.0. The highest BCUT2D eigenvalue weighted by atomic mass is 32.2. The quantitative estimate of drug-likeness (QED) is 0.441. The van der Waals surface area contributed by atoms with E-state index < -0.39 is 28.4 Å². The Morgan fingerprint density at radius 3 is 2.43 bits per heavy atom. The third kappa shape index (κ3) is 5.66. The molecule has 35 heavy (non-hydrogen) atoms. The predicted molar refractivity (Wildman–Crippen MR) is 136 cm³/mol. The number of nitrogens with zero attached hydrogens (tertiary/aromatic N) is 1. The van der Waals surface area contributed by atoms with Gasteiger partial charge in [0.05, 0.1) is 24.6 Å². The molecule has 1 amide bonds. The summed E-state index contributed by atoms with van der Waals surface area (Å²) in [5.74, 6) is -0.265. The van der Waals surface area contributed by atoms with Crippen LogP contribution in [-0.4, -0.2) is 40.2 Å². The van der Waals surface area contributed by atoms with E-state index in [2.05, 4.69) is 5.32 Å². The van der Waals surface area contributed by atoms with Crippen molar-refractivity contribution in [3.8, 4) is 11.5 Å². The Hall–Kier alpha value is -3.37. The molecule has 8 nitrogen and oxygen atoms in total. The van der Waals surface area contributed by atoms with Gasteiger partial charge in [0.25, 0.3) is 0 Å². The van der Waals surface area contributed by atoms with Gasteiger partial charge < -0.3 is 14.8 Å². The van der Waals surface area contributed by atoms with Crippen molar-refractivity contribution < 1.29 is 27.5 Å². The van der Waals surface area contributed by atoms with Crippen LogP contribution in [0.15, 0.2) is 54.6 Å². The third-order valence-electron chi connectivity index (χ3n) is 5.61. The van der Waals surface area contributed by atoms with E-state index in [-0.39, 0.29) is 5.69 Å². The zero-order valence-electron chi connectivity index (χ0n) is 19.4. The molecule has 0 atom stereocenters. The molecule has 2 aromatic carbocycles. The number of aryl methyl sites for hydroxylation is 1. The van der Waals surface area contributed by atoms with Crippen LogP contribution < -0.4 is 14.4 Å². The molecule has 184 valence electrons. The van der Waals surface area contributed by atoms with Crippen LogP contribution in [0, 0.1) is 0 Å². The molecule has 0 fully saturated rings. The molecule has 0 saturated heterocycles. The van der Waals surface area contributed by atoms with E-state index in [4.69, 9.17) is 9.47 Å². The molecule has 1 heterocycles. The molecule has 4 rings (SSSR count). The van der Waals surface area contributed by atoms with E-state index in [9.17, 15) is 18.0 Å². The van der Waals surface area contributed by atoms with Gasteiger partial charge in [-0.25, -0.2) is 13.2 Å². The summed E-state index contributed by atoms with van der Waals surface area (Å²) < 4.78 is 37.3. The molecule has 1 aliphatic carbocycles. The lowest BCUT2D eigenvalue weighted by Gasteiger charge is -2.24. The molecular formula is C25H26N2O6S2. The summed E-state index contributed by atoms with van der Waals surface area (Å²) >= 11 is 1.34. The molecule has 0 unspecified atom stereocenters. The molecule has 0 spiro atoms. The Labute approximate surface area is 208 Å². The van der Waals surface area contributed by atoms with Gasteiger partial charge in [0.1, 0.15) is 17.3 Å². The number of carbonyl (C=O) groups is 2. The van der Waals surface area contributed by atoms with Crippen LogP contribution in [0.4, 0.5) is 10.7 Å². The second kappa shape index (κ2) is 10.5. The van der Waals surface area contributed by atoms with Crippen LogP contribution in [0.5, 0.6) is 11.5 Å². The highest BCUT2D eigenvalue weighted by molar-refractivity contribution is 7.92. The zero-order chi connectivity index (χ0) is 25.0. The molecule has 1 aliphatic rings. The average molecular weight is 515 g/mol. The summed E-state index contributed by atoms with van der Waals surface area (Å²) in [6, 6.07) is 15.6. The monoisotopic (exact) mass is 514 g/mol. The van der Waals surface area contributed by atoms with Crippen molar-refractivity contribution >= 4 is 43.9 Å². The highest BCUT2D eigenvalue weighted by Crippen LogP contribution is 2.39. The number of methoxy groups -OCH3 is 1. The maximum absolute atomic E-state index is 13.1. The first-order chi connectivity index (χ1) is 16.8. The first-order valence-electron chi connectivity index (χ1n) is 11.1. The van der Waals surface area contributed by atoms with Crippen molar-refractivity contribution in [3.63, 3.8) is 0 Å². The average Bonchev–Trinajstić information content (AvgIpc) is 3.20. The van der Waals surface area contributed by atoms with Gasteiger partial charge in [0.15, 0.2) is 5.75 Å². The topological polar surface area (TPSA) is 102 Å². The fourth-order valence-electron chi connectivity index (χ4n) is 4.01. The number of esters is 1. The number of benzene rings is 2. The molecular weight excluding hydrogens is 488 g/mol. The predicted octanol–water partition coefficient (Wildman–Crippen LogP) is 4.61. The summed E-state index contributed by atoms with van der Waals surface area (Å²) in [6.45, 7) is -0.489. The first-order valence-corrected chi connectivity index (χ1v) is 13.8. The molecule has 0 aliphatic heterocycles. The molecule has 1 N–H and O–H groups in total. The van der Waals surface area contributed by atoms with Crippen molar-refractivity contribution in [1.82, 2.24) is 0 Å². The summed E-state index contributed by atoms with van der Waals surface area (Å²) in [7, 11) is -2.55. The van der Waals surface area contributed by atoms with Crippen molar-refractivity contribution in [1.29, 1.82) is 0 Å². The number of carbonyl (C=O) groups excluding carboxylic acids is 2. The first kappa shape index (κ1) is 24.7. The number of ether oxygens (including phenoxy) is 2. The fraction of sp³-hybridized carbons (Fsp3) is 0.280. The Morgan fingerprint density at radius 1 is 1.03 bits per heavy atom. The van der Waals surface area contributed by atoms with Crippen molar-refractivity contribution in [2.24, 2.45) is 0 Å². The van der Waals surface area contributed by atoms with Gasteiger partial charge in [-0.3, -0.25) is 9.10 Å². The summed E-state index contributed by atoms with van der Waals surface area (Å²) in [5, 5.41) is 3.14. The lowest BCUT2D eigenvalue weighted by atomic mass is 9.95. The Kier molecular flexibility index (Phi) is 7.42. The minimum absolute atomic E-state index is 0.229. The van der Waals surface area contributed by atoms with E-state index in [0.717, 1.165) is 46.7 Å². The van der Waals surface area contributed by atoms with Gasteiger partial charge >= 0.3 is 5.97 Å². The number of hydrogen-bond acceptors (Lipinski definition) is 7. The van der Waals surface area contributed by atoms with Crippen LogP contribution in [-0.2, 0) is 32.4 Å². The molecule has 10 heteroatoms. The number of fused-ring (bicyclic) bond motifs is 1. The minimum Gasteiger partial charge on any atom is -0.465 e. The maximum atomic E-state index is 13.1. The van der Waals surface area contributed by atoms with Gasteiger partial charge in [0.2, 0.25) is 15.9 Å². The van der Waals surface area contributed by atoms with E-state index >= 15 is 0 Å². The Bertz CT molecular complexity index is 1340. The number of thiophene rings is 1. The van der Waals surface area contributed by atoms with Crippen LogP contribution in [0.3, 0.4) is 0 Å². The summed E-state index contributed by atoms with van der Waals surface area (Å²) in [6.07, 6.45) is 4.58. The largest absolute Gasteiger partial charge is 0.465 e. The van der Waals surface area contributed by atoms with Gasteiger partial charge in [-0.1, -0.05) is 30.3 Å². The summed E-state index contributed by atoms with van der Waals surface area (Å²) in [5.41, 5.74) is 1.50. The van der Waals surface area contributed by atoms with Crippen LogP contribution in [0.1, 0.15) is 33.6 Å². The lowest BCUT2D eigenvalue weighted by Crippen LogP contribution is -2.37. The number of amides is 1. The highest BCUT2D eigenvalue weighted by Gasteiger charge is 2.29. The van der Waals surface area contributed by atoms with E-state index in [1.54, 1.807) is 48.5 Å². The van der Waals surface area contributed by atoms with Gasteiger partial charge in [0, 0.05) is 4.88 Å². The van der Waals surface area contributed by atoms with Crippen molar-refractivity contribution in [2.45, 2.75) is 25.7 Å². The SMILES string of the molecule is COC(=O)c1c(NC(=O)CN(c2ccccc2Oc2ccccc2)S(C)(=O)=O)sc2c1CCCC2. The van der Waals surface area contributed by atoms with Crippen molar-refractivity contribution in [3.05, 3.63) is 70.6 Å². The van der Waals surface area contributed by atoms with Crippen LogP contribution >= 0.6 is 11.3 Å². The van der Waals surface area contributed by atoms with Gasteiger partial charge in [-0.15, -0.1) is 11.3 Å². The second-order valence-corrected chi connectivity index (χ2v) is 11.1. The maximum Gasteiger partial charge on any atom is 0.341 e. The second-order valence-electron chi connectivity index (χ2n) is 8.11. The van der Waals surface area contributed by atoms with Crippen LogP contribution in [0.25, 0.3) is 0 Å². The summed E-state index contributed by atoms with van der Waals surface area (Å²) in [4.78, 5) is 26.6. The Morgan fingerprint density at radius 2 is 1.71 bits per heavy atom. The van der Waals surface area contributed by atoms with Crippen molar-refractivity contribution in [2.75, 3.05) is 29.5 Å². The number of hydrogen-bond donors (Lipinski definition) is 1. The van der Waals surface area contributed by atoms with Crippen LogP contribution in [0.2, 0.25) is 0 Å². The smallest absolute Gasteiger partial charge is 0.341 e. The number of sulfonamides is 1. The van der Waals surface area contributed by atoms with Gasteiger partial charge in [-0.05, 0) is 55.5 Å². The number of para-hydroxylation sites is 3. The van der Waals surface area contributed by atoms with E-state index in [0.29, 0.717) is 22.1 Å². The molecule has 0 saturated carbocycles. The van der Waals surface area contributed by atoms with E-state index in [1.807, 2.05) is 6.07 Å². The van der Waals surface area contributed by atoms with Gasteiger partial charge in [-0.2, -0.15) is 0 Å². The van der Waals surface area contributed by atoms with E-state index in [1.165, 1.54) is 18.4 Å². The fourth-order valence-corrected chi connectivity index (χ4v) is 6.17. The lowest BCUT2D eigenvalue weighted by molar-refractivity contribution is -0.114. The number of rotatable bonds is 8. The minimum atomic E-state index is -3.85. The molecule has 1 aromatic heterocycles. The number of nitrogens with one attached hydrogen (secondary N) is 1. The molecule has 3 aromatic rings.